The molecule has 6 aromatic rings. The maximum atomic E-state index is 14.9. The average Bonchev–Trinajstić information content (AvgIpc) is 1.46. The zero-order valence-corrected chi connectivity index (χ0v) is 66.0. The van der Waals surface area contributed by atoms with Crippen molar-refractivity contribution in [1.29, 1.82) is 0 Å². The molecule has 3 fully saturated rings. The lowest BCUT2D eigenvalue weighted by molar-refractivity contribution is -0.162. The number of hydrogen-bond acceptors (Lipinski definition) is 27. The number of esters is 3. The zero-order valence-electron chi connectivity index (χ0n) is 60.5. The largest absolute Gasteiger partial charge is 0.481 e. The Kier molecular flexibility index (Phi) is 29.9. The molecule has 9 heterocycles. The van der Waals surface area contributed by atoms with E-state index in [1.807, 2.05) is 19.2 Å². The molecule has 26 nitrogen and oxygen atoms in total. The van der Waals surface area contributed by atoms with E-state index in [-0.39, 0.29) is 106 Å². The fourth-order valence-corrected chi connectivity index (χ4v) is 17.0. The summed E-state index contributed by atoms with van der Waals surface area (Å²) in [5, 5.41) is 43.8. The van der Waals surface area contributed by atoms with Crippen LogP contribution in [0, 0.1) is 29.3 Å². The molecule has 0 spiro atoms. The van der Waals surface area contributed by atoms with Crippen molar-refractivity contribution in [2.75, 3.05) is 91.9 Å². The van der Waals surface area contributed by atoms with Crippen LogP contribution in [0.5, 0.6) is 0 Å². The van der Waals surface area contributed by atoms with E-state index in [4.69, 9.17) is 73.6 Å². The third-order valence-electron chi connectivity index (χ3n) is 18.8. The lowest BCUT2D eigenvalue weighted by Crippen LogP contribution is -2.57. The van der Waals surface area contributed by atoms with Crippen molar-refractivity contribution in [3.63, 3.8) is 0 Å². The van der Waals surface area contributed by atoms with Crippen LogP contribution >= 0.6 is 80.6 Å². The van der Waals surface area contributed by atoms with Gasteiger partial charge in [-0.1, -0.05) is 92.0 Å². The molecule has 594 valence electrons. The summed E-state index contributed by atoms with van der Waals surface area (Å²) in [6.07, 6.45) is 4.17. The van der Waals surface area contributed by atoms with E-state index in [9.17, 15) is 60.9 Å². The lowest BCUT2D eigenvalue weighted by Gasteiger charge is -2.44. The molecule has 3 aromatic heterocycles. The third-order valence-corrected chi connectivity index (χ3v) is 23.4. The van der Waals surface area contributed by atoms with E-state index in [1.54, 1.807) is 54.0 Å². The van der Waals surface area contributed by atoms with Crippen molar-refractivity contribution >= 4 is 134 Å². The number of thioether (sulfide) groups is 1. The van der Waals surface area contributed by atoms with Gasteiger partial charge < -0.3 is 55.0 Å². The van der Waals surface area contributed by atoms with Gasteiger partial charge in [0.2, 0.25) is 0 Å². The smallest absolute Gasteiger partial charge is 0.338 e. The fourth-order valence-electron chi connectivity index (χ4n) is 13.4. The predicted molar refractivity (Wildman–Crippen MR) is 409 cm³/mol. The summed E-state index contributed by atoms with van der Waals surface area (Å²) in [6.45, 7) is 7.56. The molecule has 12 rings (SSSR count). The number of carbonyl (C=O) groups is 6. The zero-order chi connectivity index (χ0) is 80.0. The highest BCUT2D eigenvalue weighted by atomic mass is 35.5. The minimum atomic E-state index is -3.62. The molecule has 8 atom stereocenters. The molecular formula is C73H78Cl3F5N12O14S4. The first-order chi connectivity index (χ1) is 53.1. The topological polar surface area (TPSA) is 331 Å². The standard InChI is InChI=1S/C27H32ClFN4O5S.C23H22ClF3N4O5S.C23H24ClFN4O4S2/c1-14(2)23-19(12-15(3)26(34)35)33(9-10-38-23)13-18-20(27(36)37-4)22(16-6-5-7-17(29)21(16)28)32-24(31-18)25-30-8-11-39-25;1-35-22(34)17-14(10-31-6-7-36-11-15(31)23(26,27)9-16(32)33)29-20(21-28-5-8-37-21)30-19(17)12-3-2-4-13(25)18(12)24;1-33-23(32)18-16(11-29-8-10-34-12-13(29)5-6-17(30)31)27-21(22-26-7-9-35-22)28-20(18)14-3-2-4-15(25)19(14)24/h5-8,11,14-15,19,22-23H,9-10,12-13H2,1-4H3,(H,31,32)(H,34,35);2-5,8,15,19H,6-7,9-11H2,1H3,(H,29,30)(H,32,33);2-4,7,9,13,20H,5-6,8,10-12H2,1H3,(H,27,28)(H,30,31)/t15?,19-,22+,23-;15?,19-;13-,20+/m101/s1. The van der Waals surface area contributed by atoms with Crippen molar-refractivity contribution in [2.24, 2.45) is 26.8 Å². The molecule has 0 bridgehead atoms. The molecule has 0 saturated carbocycles. The quantitative estimate of drug-likeness (QED) is 0.0176. The summed E-state index contributed by atoms with van der Waals surface area (Å²) in [6, 6.07) is 8.11. The van der Waals surface area contributed by atoms with E-state index in [2.05, 4.69) is 45.7 Å². The normalized spacial score (nSPS) is 21.5. The Morgan fingerprint density at radius 3 is 1.41 bits per heavy atom. The van der Waals surface area contributed by atoms with Gasteiger partial charge in [0.05, 0.1) is 91.0 Å². The van der Waals surface area contributed by atoms with Crippen molar-refractivity contribution in [1.82, 2.24) is 45.6 Å². The van der Waals surface area contributed by atoms with Gasteiger partial charge in [-0.15, -0.1) is 34.0 Å². The van der Waals surface area contributed by atoms with Crippen LogP contribution in [0.25, 0.3) is 0 Å². The number of carboxylic acid groups (broad SMARTS) is 3. The second-order valence-corrected chi connectivity index (χ2v) is 31.2. The first kappa shape index (κ1) is 85.1. The molecule has 3 aromatic carbocycles. The minimum Gasteiger partial charge on any atom is -0.481 e. The number of benzene rings is 3. The van der Waals surface area contributed by atoms with E-state index < -0.39 is 102 Å². The highest BCUT2D eigenvalue weighted by Gasteiger charge is 2.48. The van der Waals surface area contributed by atoms with Crippen LogP contribution in [-0.4, -0.2) is 220 Å². The van der Waals surface area contributed by atoms with E-state index in [1.165, 1.54) is 95.7 Å². The molecule has 3 saturated heterocycles. The van der Waals surface area contributed by atoms with Crippen LogP contribution in [0.3, 0.4) is 0 Å². The molecule has 2 unspecified atom stereocenters. The first-order valence-corrected chi connectivity index (χ1v) is 39.6. The molecule has 38 heteroatoms. The number of carbonyl (C=O) groups excluding carboxylic acids is 3. The van der Waals surface area contributed by atoms with E-state index in [0.717, 1.165) is 31.2 Å². The third kappa shape index (κ3) is 20.7. The summed E-state index contributed by atoms with van der Waals surface area (Å²) >= 11 is 24.7. The maximum Gasteiger partial charge on any atom is 0.338 e. The van der Waals surface area contributed by atoms with Gasteiger partial charge in [-0.2, -0.15) is 11.8 Å². The van der Waals surface area contributed by atoms with Crippen LogP contribution in [0.1, 0.15) is 96.3 Å². The van der Waals surface area contributed by atoms with Gasteiger partial charge in [-0.25, -0.2) is 51.3 Å². The van der Waals surface area contributed by atoms with Crippen LogP contribution in [0.2, 0.25) is 15.1 Å². The number of amidine groups is 3. The van der Waals surface area contributed by atoms with Crippen molar-refractivity contribution in [3.8, 4) is 0 Å². The molecule has 111 heavy (non-hydrogen) atoms. The highest BCUT2D eigenvalue weighted by molar-refractivity contribution is 7.99. The summed E-state index contributed by atoms with van der Waals surface area (Å²) in [5.41, 5.74) is 2.43. The van der Waals surface area contributed by atoms with E-state index in [0.29, 0.717) is 81.8 Å². The number of aliphatic imine (C=N–C) groups is 3. The number of nitrogens with zero attached hydrogens (tertiary/aromatic N) is 9. The number of morpholine rings is 2. The van der Waals surface area contributed by atoms with Crippen LogP contribution in [0.4, 0.5) is 22.0 Å². The fraction of sp³-hybridized carbons (Fsp3) is 0.425. The number of methoxy groups -OCH3 is 3. The number of carboxylic acids is 3. The molecule has 0 aliphatic carbocycles. The Balaban J connectivity index is 0.000000177. The number of aromatic nitrogens is 3. The summed E-state index contributed by atoms with van der Waals surface area (Å²) in [7, 11) is 3.71. The number of halogens is 8. The molecular weight excluding hydrogens is 1600 g/mol. The molecule has 0 amide bonds. The number of alkyl halides is 2. The number of thiazole rings is 3. The molecule has 6 aliphatic heterocycles. The van der Waals surface area contributed by atoms with Crippen molar-refractivity contribution in [3.05, 3.63) is 187 Å². The van der Waals surface area contributed by atoms with Gasteiger partial charge in [0.25, 0.3) is 5.92 Å². The van der Waals surface area contributed by atoms with Gasteiger partial charge in [0.15, 0.2) is 32.5 Å². The Bertz CT molecular complexity index is 4560. The Morgan fingerprint density at radius 2 is 1.03 bits per heavy atom. The second kappa shape index (κ2) is 38.9. The number of aliphatic carboxylic acids is 3. The molecule has 6 N–H and O–H groups in total. The second-order valence-electron chi connectivity index (χ2n) is 26.2. The van der Waals surface area contributed by atoms with Crippen molar-refractivity contribution < 1.29 is 89.7 Å². The number of hydrogen-bond donors (Lipinski definition) is 6. The first-order valence-electron chi connectivity index (χ1n) is 34.7. The Hall–Kier alpha value is -8.33. The van der Waals surface area contributed by atoms with Crippen LogP contribution in [0.15, 0.2) is 138 Å². The average molecular weight is 1680 g/mol. The summed E-state index contributed by atoms with van der Waals surface area (Å²) < 4.78 is 99.7. The van der Waals surface area contributed by atoms with Gasteiger partial charge in [-0.3, -0.25) is 44.1 Å². The summed E-state index contributed by atoms with van der Waals surface area (Å²) in [4.78, 5) is 106. The number of rotatable bonds is 25. The van der Waals surface area contributed by atoms with Gasteiger partial charge >= 0.3 is 35.8 Å². The van der Waals surface area contributed by atoms with Crippen LogP contribution in [-0.2, 0) is 52.5 Å². The number of nitrogens with one attached hydrogen (secondary N) is 3. The highest BCUT2D eigenvalue weighted by Crippen LogP contribution is 2.43. The monoisotopic (exact) mass is 1670 g/mol. The Morgan fingerprint density at radius 1 is 0.604 bits per heavy atom. The maximum absolute atomic E-state index is 14.9. The van der Waals surface area contributed by atoms with Crippen molar-refractivity contribution in [2.45, 2.75) is 94.7 Å². The Labute approximate surface area is 665 Å². The van der Waals surface area contributed by atoms with Crippen LogP contribution < -0.4 is 16.0 Å². The van der Waals surface area contributed by atoms with E-state index >= 15 is 0 Å². The molecule has 0 radical (unpaired) electrons. The molecule has 6 aliphatic rings. The summed E-state index contributed by atoms with van der Waals surface area (Å²) in [5.74, 6) is -8.71. The predicted octanol–water partition coefficient (Wildman–Crippen LogP) is 11.3. The van der Waals surface area contributed by atoms with Gasteiger partial charge in [0.1, 0.15) is 42.0 Å². The SMILES string of the molecule is COC(=O)C1=C(CN2CCOCC2C(F)(F)CC(=O)O)NC(c2nccs2)=N[C@H]1c1cccc(F)c1Cl.COC(=O)C1=C(CN2CCO[C@H](C(C)C)[C@H]2CC(C)C(=O)O)NC(c2nccs2)=N[C@H]1c1cccc(F)c1Cl.COC(=O)C1=C(CN2CCSC[C@H]2CCC(=O)O)NC(c2nccs2)=N[C@H]1c1cccc(F)c1Cl. The van der Waals surface area contributed by atoms with Gasteiger partial charge in [0, 0.05) is 138 Å². The lowest BCUT2D eigenvalue weighted by atomic mass is 9.89. The minimum absolute atomic E-state index is 0.0245. The van der Waals surface area contributed by atoms with Gasteiger partial charge in [-0.05, 0) is 37.0 Å². The number of ether oxygens (including phenoxy) is 5.